The monoisotopic (exact) mass is 323 g/mol. The molecule has 22 heavy (non-hydrogen) atoms. The van der Waals surface area contributed by atoms with Gasteiger partial charge in [-0.25, -0.2) is 0 Å². The van der Waals surface area contributed by atoms with Gasteiger partial charge in [0.2, 0.25) is 5.89 Å². The molecule has 1 aromatic rings. The molecule has 6 nitrogen and oxygen atoms in total. The fraction of sp³-hybridized carbons (Fsp3) is 0.800. The molecule has 0 bridgehead atoms. The maximum Gasteiger partial charge on any atom is 0.255 e. The minimum atomic E-state index is -1.14. The van der Waals surface area contributed by atoms with Crippen LogP contribution in [0.5, 0.6) is 0 Å². The summed E-state index contributed by atoms with van der Waals surface area (Å²) in [5.41, 5.74) is -1.14. The van der Waals surface area contributed by atoms with Gasteiger partial charge >= 0.3 is 0 Å². The first-order valence-corrected chi connectivity index (χ1v) is 9.24. The van der Waals surface area contributed by atoms with Gasteiger partial charge in [0.15, 0.2) is 11.4 Å². The average Bonchev–Trinajstić information content (AvgIpc) is 3.10. The third-order valence-corrected chi connectivity index (χ3v) is 6.10. The quantitative estimate of drug-likeness (QED) is 0.908. The second-order valence-electron chi connectivity index (χ2n) is 6.67. The first kappa shape index (κ1) is 14.5. The zero-order valence-corrected chi connectivity index (χ0v) is 13.3. The number of amides is 1. The molecule has 120 valence electrons. The summed E-state index contributed by atoms with van der Waals surface area (Å²) in [5.74, 6) is 3.63. The summed E-state index contributed by atoms with van der Waals surface area (Å²) >= 11 is 1.65. The molecule has 2 saturated heterocycles. The van der Waals surface area contributed by atoms with Crippen LogP contribution in [0.4, 0.5) is 0 Å². The molecule has 0 spiro atoms. The van der Waals surface area contributed by atoms with E-state index in [0.29, 0.717) is 31.2 Å². The van der Waals surface area contributed by atoms with Crippen LogP contribution < -0.4 is 0 Å². The van der Waals surface area contributed by atoms with E-state index in [-0.39, 0.29) is 11.8 Å². The second kappa shape index (κ2) is 5.53. The maximum absolute atomic E-state index is 12.5. The molecule has 0 radical (unpaired) electrons. The highest BCUT2D eigenvalue weighted by Gasteiger charge is 2.43. The van der Waals surface area contributed by atoms with Crippen molar-refractivity contribution in [1.82, 2.24) is 15.0 Å². The van der Waals surface area contributed by atoms with Crippen molar-refractivity contribution in [3.63, 3.8) is 0 Å². The van der Waals surface area contributed by atoms with Gasteiger partial charge in [0, 0.05) is 30.7 Å². The lowest BCUT2D eigenvalue weighted by molar-refractivity contribution is -0.149. The third kappa shape index (κ3) is 2.65. The van der Waals surface area contributed by atoms with Gasteiger partial charge in [-0.15, -0.1) is 0 Å². The van der Waals surface area contributed by atoms with Crippen LogP contribution in [0.25, 0.3) is 0 Å². The zero-order valence-electron chi connectivity index (χ0n) is 12.5. The van der Waals surface area contributed by atoms with E-state index < -0.39 is 5.60 Å². The van der Waals surface area contributed by atoms with Crippen molar-refractivity contribution in [1.29, 1.82) is 0 Å². The van der Waals surface area contributed by atoms with Crippen LogP contribution in [0.2, 0.25) is 0 Å². The Labute approximate surface area is 133 Å². The predicted molar refractivity (Wildman–Crippen MR) is 81.7 cm³/mol. The zero-order chi connectivity index (χ0) is 15.2. The van der Waals surface area contributed by atoms with Crippen LogP contribution in [0, 0.1) is 0 Å². The topological polar surface area (TPSA) is 79.5 Å². The molecule has 3 aliphatic rings. The first-order valence-electron chi connectivity index (χ1n) is 8.09. The van der Waals surface area contributed by atoms with E-state index in [9.17, 15) is 9.90 Å². The molecule has 1 atom stereocenters. The van der Waals surface area contributed by atoms with E-state index in [1.54, 1.807) is 11.8 Å². The second-order valence-corrected chi connectivity index (χ2v) is 7.77. The molecular weight excluding hydrogens is 302 g/mol. The van der Waals surface area contributed by atoms with Crippen molar-refractivity contribution in [2.45, 2.75) is 49.5 Å². The van der Waals surface area contributed by atoms with E-state index in [4.69, 9.17) is 4.52 Å². The number of nitrogens with zero attached hydrogens (tertiary/aromatic N) is 3. The molecule has 0 aromatic carbocycles. The van der Waals surface area contributed by atoms with Crippen LogP contribution in [-0.4, -0.2) is 56.3 Å². The molecule has 1 N–H and O–H groups in total. The van der Waals surface area contributed by atoms with Crippen LogP contribution >= 0.6 is 11.8 Å². The summed E-state index contributed by atoms with van der Waals surface area (Å²) in [4.78, 5) is 18.8. The minimum absolute atomic E-state index is 0.0947. The Kier molecular flexibility index (Phi) is 3.64. The minimum Gasteiger partial charge on any atom is -0.379 e. The highest BCUT2D eigenvalue weighted by molar-refractivity contribution is 7.99. The molecule has 7 heteroatoms. The number of carbonyl (C=O) groups excluding carboxylic acids is 1. The van der Waals surface area contributed by atoms with Gasteiger partial charge < -0.3 is 14.5 Å². The molecule has 3 heterocycles. The Morgan fingerprint density at radius 1 is 1.27 bits per heavy atom. The number of thioether (sulfide) groups is 1. The molecule has 2 aliphatic heterocycles. The van der Waals surface area contributed by atoms with Crippen LogP contribution in [0.3, 0.4) is 0 Å². The summed E-state index contributed by atoms with van der Waals surface area (Å²) in [5, 5.41) is 14.5. The highest BCUT2D eigenvalue weighted by atomic mass is 32.2. The lowest BCUT2D eigenvalue weighted by Crippen LogP contribution is -2.51. The van der Waals surface area contributed by atoms with Crippen molar-refractivity contribution in [2.24, 2.45) is 0 Å². The molecule has 1 aromatic heterocycles. The average molecular weight is 323 g/mol. The fourth-order valence-electron chi connectivity index (χ4n) is 3.27. The maximum atomic E-state index is 12.5. The van der Waals surface area contributed by atoms with Crippen LogP contribution in [0.1, 0.15) is 55.7 Å². The van der Waals surface area contributed by atoms with Crippen molar-refractivity contribution >= 4 is 17.7 Å². The Morgan fingerprint density at radius 2 is 2.05 bits per heavy atom. The number of aromatic nitrogens is 2. The molecule has 1 amide bonds. The Morgan fingerprint density at radius 3 is 2.68 bits per heavy atom. The van der Waals surface area contributed by atoms with Gasteiger partial charge in [-0.1, -0.05) is 5.16 Å². The van der Waals surface area contributed by atoms with Gasteiger partial charge in [-0.2, -0.15) is 16.7 Å². The van der Waals surface area contributed by atoms with E-state index in [1.807, 2.05) is 4.90 Å². The number of rotatable bonds is 3. The first-order chi connectivity index (χ1) is 10.7. The molecule has 1 saturated carbocycles. The number of hydrogen-bond donors (Lipinski definition) is 1. The number of piperidine rings is 1. The van der Waals surface area contributed by atoms with Gasteiger partial charge in [-0.05, 0) is 37.9 Å². The summed E-state index contributed by atoms with van der Waals surface area (Å²) in [6.45, 7) is 1.34. The lowest BCUT2D eigenvalue weighted by atomic mass is 9.93. The normalized spacial score (nSPS) is 30.0. The number of likely N-dealkylation sites (tertiary alicyclic amines) is 1. The Bertz CT molecular complexity index is 558. The van der Waals surface area contributed by atoms with Gasteiger partial charge in [-0.3, -0.25) is 4.79 Å². The predicted octanol–water partition coefficient (Wildman–Crippen LogP) is 1.52. The highest BCUT2D eigenvalue weighted by Crippen LogP contribution is 2.40. The summed E-state index contributed by atoms with van der Waals surface area (Å²) in [6, 6.07) is 0. The number of aliphatic hydroxyl groups is 1. The van der Waals surface area contributed by atoms with Crippen molar-refractivity contribution < 1.29 is 14.4 Å². The van der Waals surface area contributed by atoms with E-state index in [0.717, 1.165) is 43.2 Å². The third-order valence-electron chi connectivity index (χ3n) is 4.93. The van der Waals surface area contributed by atoms with E-state index >= 15 is 0 Å². The fourth-order valence-corrected chi connectivity index (χ4v) is 4.50. The molecule has 3 fully saturated rings. The summed E-state index contributed by atoms with van der Waals surface area (Å²) < 4.78 is 5.33. The van der Waals surface area contributed by atoms with E-state index in [1.165, 1.54) is 0 Å². The van der Waals surface area contributed by atoms with E-state index in [2.05, 4.69) is 10.1 Å². The number of carbonyl (C=O) groups is 1. The molecule has 4 rings (SSSR count). The SMILES string of the molecule is O=C(N1CCC(c2noc(C3CC3)n2)CC1)C1(O)CCSC1. The molecule has 1 aliphatic carbocycles. The Balaban J connectivity index is 1.36. The van der Waals surface area contributed by atoms with Crippen molar-refractivity contribution in [2.75, 3.05) is 24.6 Å². The van der Waals surface area contributed by atoms with Crippen molar-refractivity contribution in [3.05, 3.63) is 11.7 Å². The molecular formula is C15H21N3O3S. The van der Waals surface area contributed by atoms with Crippen LogP contribution in [-0.2, 0) is 4.79 Å². The smallest absolute Gasteiger partial charge is 0.255 e. The lowest BCUT2D eigenvalue weighted by Gasteiger charge is -2.35. The Hall–Kier alpha value is -1.08. The standard InChI is InChI=1S/C15H21N3O3S/c19-14(15(20)5-8-22-9-15)18-6-3-10(4-7-18)12-16-13(21-17-12)11-1-2-11/h10-11,20H,1-9H2. The molecule has 1 unspecified atom stereocenters. The summed E-state index contributed by atoms with van der Waals surface area (Å²) in [7, 11) is 0. The van der Waals surface area contributed by atoms with Crippen LogP contribution in [0.15, 0.2) is 4.52 Å². The van der Waals surface area contributed by atoms with Gasteiger partial charge in [0.05, 0.1) is 0 Å². The van der Waals surface area contributed by atoms with Gasteiger partial charge in [0.25, 0.3) is 5.91 Å². The largest absolute Gasteiger partial charge is 0.379 e. The summed E-state index contributed by atoms with van der Waals surface area (Å²) in [6.07, 6.45) is 4.58. The van der Waals surface area contributed by atoms with Crippen molar-refractivity contribution in [3.8, 4) is 0 Å². The van der Waals surface area contributed by atoms with Gasteiger partial charge in [0.1, 0.15) is 0 Å². The number of hydrogen-bond acceptors (Lipinski definition) is 6.